The fourth-order valence-corrected chi connectivity index (χ4v) is 4.10. The number of hydrogen-bond acceptors (Lipinski definition) is 2. The van der Waals surface area contributed by atoms with Crippen molar-refractivity contribution in [3.8, 4) is 0 Å². The quantitative estimate of drug-likeness (QED) is 0.795. The van der Waals surface area contributed by atoms with Crippen LogP contribution in [-0.4, -0.2) is 29.9 Å². The lowest BCUT2D eigenvalue weighted by Crippen LogP contribution is -2.37. The second-order valence-corrected chi connectivity index (χ2v) is 6.24. The van der Waals surface area contributed by atoms with Gasteiger partial charge in [0.15, 0.2) is 0 Å². The van der Waals surface area contributed by atoms with Crippen LogP contribution in [0.15, 0.2) is 0 Å². The van der Waals surface area contributed by atoms with Gasteiger partial charge < -0.3 is 10.6 Å². The third-order valence-electron chi connectivity index (χ3n) is 5.18. The van der Waals surface area contributed by atoms with E-state index in [2.05, 4.69) is 4.90 Å². The van der Waals surface area contributed by atoms with Crippen LogP contribution in [0.25, 0.3) is 0 Å². The molecule has 3 rings (SSSR count). The molecule has 3 unspecified atom stereocenters. The van der Waals surface area contributed by atoms with Gasteiger partial charge in [0, 0.05) is 25.0 Å². The van der Waals surface area contributed by atoms with Crippen molar-refractivity contribution < 1.29 is 4.79 Å². The molecule has 1 saturated heterocycles. The van der Waals surface area contributed by atoms with Crippen LogP contribution >= 0.6 is 12.4 Å². The molecule has 1 aliphatic heterocycles. The summed E-state index contributed by atoms with van der Waals surface area (Å²) in [5.74, 6) is 2.07. The zero-order chi connectivity index (χ0) is 11.8. The Labute approximate surface area is 116 Å². The number of hydrogen-bond donors (Lipinski definition) is 1. The maximum atomic E-state index is 12.4. The molecule has 3 fully saturated rings. The molecule has 0 aromatic carbocycles. The Hall–Kier alpha value is -0.280. The predicted octanol–water partition coefficient (Wildman–Crippen LogP) is 2.18. The average Bonchev–Trinajstić information content (AvgIpc) is 2.92. The van der Waals surface area contributed by atoms with Gasteiger partial charge >= 0.3 is 0 Å². The number of rotatable bonds is 1. The Kier molecular flexibility index (Phi) is 4.54. The standard InChI is InChI=1S/C14H24N2O.ClH/c15-13-7-6-11-8-16(9-12(11)13)14(17)10-4-2-1-3-5-10;/h10-13H,1-9,15H2;1H. The minimum Gasteiger partial charge on any atom is -0.342 e. The minimum absolute atomic E-state index is 0. The Bertz CT molecular complexity index is 304. The van der Waals surface area contributed by atoms with Gasteiger partial charge in [-0.2, -0.15) is 0 Å². The van der Waals surface area contributed by atoms with Gasteiger partial charge in [-0.1, -0.05) is 19.3 Å². The highest BCUT2D eigenvalue weighted by Crippen LogP contribution is 2.38. The summed E-state index contributed by atoms with van der Waals surface area (Å²) >= 11 is 0. The van der Waals surface area contributed by atoms with Crippen molar-refractivity contribution in [1.29, 1.82) is 0 Å². The third-order valence-corrected chi connectivity index (χ3v) is 5.18. The lowest BCUT2D eigenvalue weighted by atomic mass is 9.88. The van der Waals surface area contributed by atoms with Crippen molar-refractivity contribution in [3.05, 3.63) is 0 Å². The molecule has 3 atom stereocenters. The molecule has 0 aromatic heterocycles. The van der Waals surface area contributed by atoms with Crippen molar-refractivity contribution >= 4 is 18.3 Å². The highest BCUT2D eigenvalue weighted by Gasteiger charge is 2.43. The minimum atomic E-state index is 0. The summed E-state index contributed by atoms with van der Waals surface area (Å²) in [6.07, 6.45) is 8.46. The van der Waals surface area contributed by atoms with Crippen molar-refractivity contribution in [2.75, 3.05) is 13.1 Å². The molecule has 3 nitrogen and oxygen atoms in total. The summed E-state index contributed by atoms with van der Waals surface area (Å²) in [5, 5.41) is 0. The first-order chi connectivity index (χ1) is 8.25. The summed E-state index contributed by atoms with van der Waals surface area (Å²) in [6, 6.07) is 0.351. The van der Waals surface area contributed by atoms with Crippen molar-refractivity contribution in [2.45, 2.75) is 51.0 Å². The molecule has 1 amide bonds. The predicted molar refractivity (Wildman–Crippen MR) is 74.6 cm³/mol. The maximum absolute atomic E-state index is 12.4. The van der Waals surface area contributed by atoms with Crippen LogP contribution in [-0.2, 0) is 4.79 Å². The molecular formula is C14H25ClN2O. The van der Waals surface area contributed by atoms with Gasteiger partial charge in [0.2, 0.25) is 5.91 Å². The van der Waals surface area contributed by atoms with Crippen LogP contribution < -0.4 is 5.73 Å². The third kappa shape index (κ3) is 2.53. The van der Waals surface area contributed by atoms with E-state index < -0.39 is 0 Å². The SMILES string of the molecule is Cl.NC1CCC2CN(C(=O)C3CCCCC3)CC12. The van der Waals surface area contributed by atoms with Crippen molar-refractivity contribution in [3.63, 3.8) is 0 Å². The van der Waals surface area contributed by atoms with E-state index in [-0.39, 0.29) is 12.4 Å². The monoisotopic (exact) mass is 272 g/mol. The first-order valence-electron chi connectivity index (χ1n) is 7.30. The molecular weight excluding hydrogens is 248 g/mol. The van der Waals surface area contributed by atoms with Crippen LogP contribution in [0.2, 0.25) is 0 Å². The number of likely N-dealkylation sites (tertiary alicyclic amines) is 1. The Morgan fingerprint density at radius 1 is 1.00 bits per heavy atom. The fourth-order valence-electron chi connectivity index (χ4n) is 4.10. The van der Waals surface area contributed by atoms with E-state index in [0.717, 1.165) is 25.9 Å². The number of fused-ring (bicyclic) bond motifs is 1. The lowest BCUT2D eigenvalue weighted by molar-refractivity contribution is -0.135. The highest BCUT2D eigenvalue weighted by atomic mass is 35.5. The second kappa shape index (κ2) is 5.79. The number of halogens is 1. The smallest absolute Gasteiger partial charge is 0.225 e. The van der Waals surface area contributed by atoms with Gasteiger partial charge in [0.05, 0.1) is 0 Å². The second-order valence-electron chi connectivity index (χ2n) is 6.24. The summed E-state index contributed by atoms with van der Waals surface area (Å²) in [6.45, 7) is 1.94. The van der Waals surface area contributed by atoms with Crippen LogP contribution in [0.1, 0.15) is 44.9 Å². The molecule has 3 aliphatic rings. The number of nitrogens with zero attached hydrogens (tertiary/aromatic N) is 1. The van der Waals surface area contributed by atoms with Gasteiger partial charge in [-0.15, -0.1) is 12.4 Å². The Morgan fingerprint density at radius 2 is 1.72 bits per heavy atom. The summed E-state index contributed by atoms with van der Waals surface area (Å²) in [4.78, 5) is 14.6. The molecule has 4 heteroatoms. The van der Waals surface area contributed by atoms with Crippen LogP contribution in [0.4, 0.5) is 0 Å². The van der Waals surface area contributed by atoms with E-state index in [1.165, 1.54) is 32.1 Å². The van der Waals surface area contributed by atoms with Gasteiger partial charge in [0.25, 0.3) is 0 Å². The molecule has 0 radical (unpaired) electrons. The fraction of sp³-hybridized carbons (Fsp3) is 0.929. The van der Waals surface area contributed by atoms with E-state index in [1.54, 1.807) is 0 Å². The largest absolute Gasteiger partial charge is 0.342 e. The highest BCUT2D eigenvalue weighted by molar-refractivity contribution is 5.85. The zero-order valence-electron chi connectivity index (χ0n) is 11.0. The van der Waals surface area contributed by atoms with E-state index in [1.807, 2.05) is 0 Å². The van der Waals surface area contributed by atoms with Crippen molar-refractivity contribution in [2.24, 2.45) is 23.5 Å². The van der Waals surface area contributed by atoms with E-state index in [0.29, 0.717) is 29.7 Å². The summed E-state index contributed by atoms with van der Waals surface area (Å²) in [7, 11) is 0. The van der Waals surface area contributed by atoms with E-state index in [9.17, 15) is 4.79 Å². The number of amides is 1. The normalized spacial score (nSPS) is 36.3. The molecule has 2 saturated carbocycles. The molecule has 104 valence electrons. The van der Waals surface area contributed by atoms with Crippen molar-refractivity contribution in [1.82, 2.24) is 4.90 Å². The van der Waals surface area contributed by atoms with Crippen LogP contribution in [0, 0.1) is 17.8 Å². The Balaban J connectivity index is 0.00000120. The van der Waals surface area contributed by atoms with Gasteiger partial charge in [-0.25, -0.2) is 0 Å². The molecule has 2 aliphatic carbocycles. The van der Waals surface area contributed by atoms with E-state index >= 15 is 0 Å². The maximum Gasteiger partial charge on any atom is 0.225 e. The average molecular weight is 273 g/mol. The summed E-state index contributed by atoms with van der Waals surface area (Å²) < 4.78 is 0. The first-order valence-corrected chi connectivity index (χ1v) is 7.30. The first kappa shape index (κ1) is 14.1. The number of carbonyl (C=O) groups excluding carboxylic acids is 1. The number of carbonyl (C=O) groups is 1. The molecule has 1 heterocycles. The zero-order valence-corrected chi connectivity index (χ0v) is 11.8. The lowest BCUT2D eigenvalue weighted by Gasteiger charge is -2.27. The number of nitrogens with two attached hydrogens (primary N) is 1. The molecule has 0 bridgehead atoms. The topological polar surface area (TPSA) is 46.3 Å². The Morgan fingerprint density at radius 3 is 2.39 bits per heavy atom. The molecule has 18 heavy (non-hydrogen) atoms. The molecule has 0 aromatic rings. The van der Waals surface area contributed by atoms with Crippen LogP contribution in [0.3, 0.4) is 0 Å². The van der Waals surface area contributed by atoms with Gasteiger partial charge in [0.1, 0.15) is 0 Å². The van der Waals surface area contributed by atoms with Gasteiger partial charge in [-0.05, 0) is 37.5 Å². The van der Waals surface area contributed by atoms with Crippen LogP contribution in [0.5, 0.6) is 0 Å². The summed E-state index contributed by atoms with van der Waals surface area (Å²) in [5.41, 5.74) is 6.12. The molecule has 0 spiro atoms. The van der Waals surface area contributed by atoms with Gasteiger partial charge in [-0.3, -0.25) is 4.79 Å². The molecule has 2 N–H and O–H groups in total. The van der Waals surface area contributed by atoms with E-state index in [4.69, 9.17) is 5.73 Å².